The molecule has 0 aromatic heterocycles. The molecule has 2 aromatic carbocycles. The smallest absolute Gasteiger partial charge is 0.338 e. The van der Waals surface area contributed by atoms with E-state index in [4.69, 9.17) is 0 Å². The second-order valence-electron chi connectivity index (χ2n) is 10.1. The molecule has 0 aliphatic carbocycles. The van der Waals surface area contributed by atoms with E-state index in [-0.39, 0.29) is 30.1 Å². The number of benzene rings is 2. The van der Waals surface area contributed by atoms with Crippen LogP contribution in [0.15, 0.2) is 65.9 Å². The lowest BCUT2D eigenvalue weighted by Crippen LogP contribution is -2.52. The standard InChI is InChI=1S/C29H32F3N5O3/c1-3-34-14-16-35(17-15-34)27(39)25(19-10-6-5-7-11-19)37-18-22-23(26(37)38)24(33-28(40)36(22)4-2)20-12-8-9-13-21(20)29(30,31)32/h5-13,24-25H,3-4,14-18H2,1-2H3,(H,33,40). The number of hydrogen-bond donors (Lipinski definition) is 1. The SMILES string of the molecule is CCN1CCN(C(=O)C(c2ccccc2)N2CC3=C(C2=O)C(c2ccccc2C(F)(F)F)NC(=O)N3CC)CC1. The lowest BCUT2D eigenvalue weighted by atomic mass is 9.91. The zero-order valence-corrected chi connectivity index (χ0v) is 22.4. The summed E-state index contributed by atoms with van der Waals surface area (Å²) in [6.45, 7) is 7.25. The summed E-state index contributed by atoms with van der Waals surface area (Å²) in [5, 5.41) is 2.63. The largest absolute Gasteiger partial charge is 0.416 e. The Labute approximate surface area is 231 Å². The molecule has 1 N–H and O–H groups in total. The summed E-state index contributed by atoms with van der Waals surface area (Å²) in [5.74, 6) is -0.811. The molecule has 4 amide bonds. The highest BCUT2D eigenvalue weighted by molar-refractivity contribution is 6.04. The summed E-state index contributed by atoms with van der Waals surface area (Å²) in [6, 6.07) is 11.0. The molecule has 0 radical (unpaired) electrons. The van der Waals surface area contributed by atoms with Crippen molar-refractivity contribution in [2.75, 3.05) is 45.8 Å². The van der Waals surface area contributed by atoms with Crippen molar-refractivity contribution in [1.29, 1.82) is 0 Å². The fourth-order valence-electron chi connectivity index (χ4n) is 5.85. The predicted octanol–water partition coefficient (Wildman–Crippen LogP) is 3.79. The molecule has 0 spiro atoms. The maximum Gasteiger partial charge on any atom is 0.416 e. The molecular weight excluding hydrogens is 523 g/mol. The number of halogens is 3. The van der Waals surface area contributed by atoms with Gasteiger partial charge in [-0.05, 0) is 30.7 Å². The molecule has 2 unspecified atom stereocenters. The highest BCUT2D eigenvalue weighted by Gasteiger charge is 2.49. The number of piperazine rings is 1. The van der Waals surface area contributed by atoms with E-state index in [1.54, 1.807) is 36.1 Å². The van der Waals surface area contributed by atoms with E-state index in [0.717, 1.165) is 12.6 Å². The van der Waals surface area contributed by atoms with E-state index in [1.807, 2.05) is 6.07 Å². The third-order valence-electron chi connectivity index (χ3n) is 7.94. The number of nitrogens with zero attached hydrogens (tertiary/aromatic N) is 4. The van der Waals surface area contributed by atoms with Crippen LogP contribution in [0.2, 0.25) is 0 Å². The summed E-state index contributed by atoms with van der Waals surface area (Å²) >= 11 is 0. The van der Waals surface area contributed by atoms with Crippen LogP contribution in [0.1, 0.15) is 42.6 Å². The Hall–Kier alpha value is -3.86. The van der Waals surface area contributed by atoms with Gasteiger partial charge in [0.2, 0.25) is 5.91 Å². The third kappa shape index (κ3) is 4.94. The molecule has 8 nitrogen and oxygen atoms in total. The lowest BCUT2D eigenvalue weighted by molar-refractivity contribution is -0.144. The molecule has 0 bridgehead atoms. The van der Waals surface area contributed by atoms with Crippen LogP contribution in [0.5, 0.6) is 0 Å². The molecule has 3 heterocycles. The molecule has 0 saturated carbocycles. The van der Waals surface area contributed by atoms with E-state index in [1.165, 1.54) is 28.0 Å². The molecule has 40 heavy (non-hydrogen) atoms. The molecule has 3 aliphatic heterocycles. The van der Waals surface area contributed by atoms with Crippen molar-refractivity contribution in [3.8, 4) is 0 Å². The number of amides is 4. The van der Waals surface area contributed by atoms with Gasteiger partial charge in [0.05, 0.1) is 29.4 Å². The summed E-state index contributed by atoms with van der Waals surface area (Å²) in [4.78, 5) is 48.1. The third-order valence-corrected chi connectivity index (χ3v) is 7.94. The van der Waals surface area contributed by atoms with Gasteiger partial charge in [-0.25, -0.2) is 4.79 Å². The van der Waals surface area contributed by atoms with Crippen LogP contribution in [0, 0.1) is 0 Å². The molecule has 3 aliphatic rings. The van der Waals surface area contributed by atoms with Crippen molar-refractivity contribution >= 4 is 17.8 Å². The zero-order valence-electron chi connectivity index (χ0n) is 22.4. The Balaban J connectivity index is 1.56. The van der Waals surface area contributed by atoms with Gasteiger partial charge in [0.15, 0.2) is 0 Å². The van der Waals surface area contributed by atoms with Gasteiger partial charge in [-0.15, -0.1) is 0 Å². The molecule has 11 heteroatoms. The fourth-order valence-corrected chi connectivity index (χ4v) is 5.85. The number of likely N-dealkylation sites (N-methyl/N-ethyl adjacent to an activating group) is 2. The first-order valence-corrected chi connectivity index (χ1v) is 13.5. The summed E-state index contributed by atoms with van der Waals surface area (Å²) in [5.41, 5.74) is -0.147. The second kappa shape index (κ2) is 11.0. The van der Waals surface area contributed by atoms with E-state index in [0.29, 0.717) is 37.4 Å². The van der Waals surface area contributed by atoms with Crippen molar-refractivity contribution in [1.82, 2.24) is 24.9 Å². The minimum absolute atomic E-state index is 0.0580. The quantitative estimate of drug-likeness (QED) is 0.589. The van der Waals surface area contributed by atoms with Crippen molar-refractivity contribution in [2.45, 2.75) is 32.1 Å². The molecular formula is C29H32F3N5O3. The van der Waals surface area contributed by atoms with E-state index < -0.39 is 35.8 Å². The summed E-state index contributed by atoms with van der Waals surface area (Å²) < 4.78 is 42.0. The highest BCUT2D eigenvalue weighted by Crippen LogP contribution is 2.43. The van der Waals surface area contributed by atoms with Crippen LogP contribution in [-0.2, 0) is 15.8 Å². The number of rotatable bonds is 6. The second-order valence-corrected chi connectivity index (χ2v) is 10.1. The van der Waals surface area contributed by atoms with Gasteiger partial charge in [0.25, 0.3) is 5.91 Å². The summed E-state index contributed by atoms with van der Waals surface area (Å²) in [6.07, 6.45) is -4.69. The zero-order chi connectivity index (χ0) is 28.6. The molecule has 5 rings (SSSR count). The fraction of sp³-hybridized carbons (Fsp3) is 0.414. The average Bonchev–Trinajstić information content (AvgIpc) is 3.29. The van der Waals surface area contributed by atoms with Gasteiger partial charge in [0, 0.05) is 32.7 Å². The van der Waals surface area contributed by atoms with Gasteiger partial charge < -0.3 is 20.0 Å². The van der Waals surface area contributed by atoms with Crippen LogP contribution in [-0.4, -0.2) is 83.3 Å². The van der Waals surface area contributed by atoms with E-state index in [9.17, 15) is 27.6 Å². The maximum absolute atomic E-state index is 14.2. The Kier molecular flexibility index (Phi) is 7.59. The first-order valence-electron chi connectivity index (χ1n) is 13.5. The first-order chi connectivity index (χ1) is 19.2. The van der Waals surface area contributed by atoms with Crippen LogP contribution in [0.3, 0.4) is 0 Å². The minimum Gasteiger partial charge on any atom is -0.338 e. The van der Waals surface area contributed by atoms with Crippen LogP contribution < -0.4 is 5.32 Å². The number of hydrogen-bond acceptors (Lipinski definition) is 4. The normalized spacial score (nSPS) is 21.0. The predicted molar refractivity (Wildman–Crippen MR) is 142 cm³/mol. The van der Waals surface area contributed by atoms with Crippen LogP contribution >= 0.6 is 0 Å². The molecule has 2 atom stereocenters. The maximum atomic E-state index is 14.2. The Morgan fingerprint density at radius 3 is 2.23 bits per heavy atom. The minimum atomic E-state index is -4.69. The lowest BCUT2D eigenvalue weighted by Gasteiger charge is -2.38. The molecule has 1 saturated heterocycles. The number of nitrogens with one attached hydrogen (secondary N) is 1. The van der Waals surface area contributed by atoms with Crippen LogP contribution in [0.25, 0.3) is 0 Å². The van der Waals surface area contributed by atoms with Gasteiger partial charge in [-0.3, -0.25) is 14.5 Å². The van der Waals surface area contributed by atoms with Crippen molar-refractivity contribution in [3.63, 3.8) is 0 Å². The van der Waals surface area contributed by atoms with E-state index in [2.05, 4.69) is 17.1 Å². The average molecular weight is 556 g/mol. The number of carbonyl (C=O) groups is 3. The van der Waals surface area contributed by atoms with Crippen molar-refractivity contribution < 1.29 is 27.6 Å². The number of alkyl halides is 3. The molecule has 2 aromatic rings. The Bertz CT molecular complexity index is 1320. The van der Waals surface area contributed by atoms with Gasteiger partial charge >= 0.3 is 12.2 Å². The first kappa shape index (κ1) is 27.7. The number of urea groups is 1. The Morgan fingerprint density at radius 2 is 1.60 bits per heavy atom. The van der Waals surface area contributed by atoms with Crippen molar-refractivity contribution in [2.24, 2.45) is 0 Å². The van der Waals surface area contributed by atoms with Gasteiger partial charge in [-0.2, -0.15) is 13.2 Å². The molecule has 212 valence electrons. The summed E-state index contributed by atoms with van der Waals surface area (Å²) in [7, 11) is 0. The van der Waals surface area contributed by atoms with E-state index >= 15 is 0 Å². The Morgan fingerprint density at radius 1 is 0.950 bits per heavy atom. The molecule has 1 fully saturated rings. The van der Waals surface area contributed by atoms with Gasteiger partial charge in [0.1, 0.15) is 6.04 Å². The topological polar surface area (TPSA) is 76.2 Å². The number of carbonyl (C=O) groups excluding carboxylic acids is 3. The highest BCUT2D eigenvalue weighted by atomic mass is 19.4. The van der Waals surface area contributed by atoms with Crippen molar-refractivity contribution in [3.05, 3.63) is 82.6 Å². The van der Waals surface area contributed by atoms with Gasteiger partial charge in [-0.1, -0.05) is 55.5 Å². The monoisotopic (exact) mass is 555 g/mol. The van der Waals surface area contributed by atoms with Crippen LogP contribution in [0.4, 0.5) is 18.0 Å².